The number of benzene rings is 2. The summed E-state index contributed by atoms with van der Waals surface area (Å²) in [6.07, 6.45) is 0. The van der Waals surface area contributed by atoms with Crippen LogP contribution in [-0.4, -0.2) is 8.90 Å². The van der Waals surface area contributed by atoms with Crippen LogP contribution in [0, 0.1) is 0 Å². The van der Waals surface area contributed by atoms with Crippen molar-refractivity contribution in [3.05, 3.63) is 68.6 Å². The molecule has 1 nitrogen and oxygen atoms in total. The van der Waals surface area contributed by atoms with Crippen molar-refractivity contribution in [1.29, 1.82) is 0 Å². The van der Waals surface area contributed by atoms with Gasteiger partial charge in [0.1, 0.15) is 0 Å². The third kappa shape index (κ3) is 2.90. The fourth-order valence-electron chi connectivity index (χ4n) is 1.96. The van der Waals surface area contributed by atoms with Crippen LogP contribution in [0.2, 0.25) is 0 Å². The summed E-state index contributed by atoms with van der Waals surface area (Å²) in [6.45, 7) is 0. The second-order valence-corrected chi connectivity index (χ2v) is 8.16. The van der Waals surface area contributed by atoms with Crippen LogP contribution in [0.15, 0.2) is 57.5 Å². The Labute approximate surface area is 149 Å². The molecule has 0 aromatic heterocycles. The first-order valence-corrected chi connectivity index (χ1v) is 8.29. The highest BCUT2D eigenvalue weighted by Gasteiger charge is 2.51. The largest absolute Gasteiger partial charge is 0.376 e. The maximum Gasteiger partial charge on any atom is 0.227 e. The molecule has 0 aliphatic heterocycles. The van der Waals surface area contributed by atoms with Crippen molar-refractivity contribution < 1.29 is 5.11 Å². The van der Waals surface area contributed by atoms with Crippen molar-refractivity contribution >= 4 is 66.7 Å². The molecule has 2 rings (SSSR count). The molecule has 0 fully saturated rings. The topological polar surface area (TPSA) is 20.2 Å². The molecule has 0 saturated heterocycles. The van der Waals surface area contributed by atoms with E-state index in [0.717, 1.165) is 0 Å². The monoisotopic (exact) mass is 456 g/mol. The van der Waals surface area contributed by atoms with Gasteiger partial charge in [-0.3, -0.25) is 0 Å². The molecule has 0 atom stereocenters. The third-order valence-electron chi connectivity index (χ3n) is 2.94. The molecular formula is C14H9Br2Cl3O. The smallest absolute Gasteiger partial charge is 0.227 e. The van der Waals surface area contributed by atoms with Gasteiger partial charge in [-0.1, -0.05) is 103 Å². The van der Waals surface area contributed by atoms with Gasteiger partial charge < -0.3 is 5.11 Å². The van der Waals surface area contributed by atoms with Gasteiger partial charge in [-0.2, -0.15) is 0 Å². The molecule has 0 heterocycles. The highest BCUT2D eigenvalue weighted by atomic mass is 79.9. The van der Waals surface area contributed by atoms with Crippen molar-refractivity contribution in [3.63, 3.8) is 0 Å². The van der Waals surface area contributed by atoms with Crippen LogP contribution in [0.1, 0.15) is 11.1 Å². The zero-order chi connectivity index (χ0) is 15.0. The van der Waals surface area contributed by atoms with Crippen LogP contribution in [0.5, 0.6) is 0 Å². The number of halogens is 5. The van der Waals surface area contributed by atoms with E-state index in [1.807, 2.05) is 12.1 Å². The summed E-state index contributed by atoms with van der Waals surface area (Å²) >= 11 is 25.1. The Morgan fingerprint density at radius 1 is 0.750 bits per heavy atom. The van der Waals surface area contributed by atoms with Gasteiger partial charge >= 0.3 is 0 Å². The van der Waals surface area contributed by atoms with Crippen molar-refractivity contribution in [3.8, 4) is 0 Å². The normalized spacial score (nSPS) is 12.5. The maximum absolute atomic E-state index is 11.2. The van der Waals surface area contributed by atoms with Gasteiger partial charge in [0.2, 0.25) is 3.79 Å². The summed E-state index contributed by atoms with van der Waals surface area (Å²) in [4.78, 5) is 0. The minimum Gasteiger partial charge on any atom is -0.376 e. The minimum absolute atomic E-state index is 0.479. The summed E-state index contributed by atoms with van der Waals surface area (Å²) in [5, 5.41) is 11.2. The van der Waals surface area contributed by atoms with E-state index in [2.05, 4.69) is 31.9 Å². The van der Waals surface area contributed by atoms with E-state index in [4.69, 9.17) is 34.8 Å². The van der Waals surface area contributed by atoms with Gasteiger partial charge in [0.05, 0.1) is 0 Å². The fourth-order valence-corrected chi connectivity index (χ4v) is 3.71. The quantitative estimate of drug-likeness (QED) is 0.562. The average molecular weight is 459 g/mol. The highest BCUT2D eigenvalue weighted by molar-refractivity contribution is 9.10. The van der Waals surface area contributed by atoms with E-state index in [9.17, 15) is 5.11 Å². The second kappa shape index (κ2) is 6.15. The standard InChI is InChI=1S/C14H9Br2Cl3O/c15-11-7-3-1-5-9(11)13(20,14(17,18)19)10-6-2-4-8-12(10)16/h1-8,20H. The number of hydrogen-bond acceptors (Lipinski definition) is 1. The SMILES string of the molecule is OC(c1ccccc1Br)(c1ccccc1Br)C(Cl)(Cl)Cl. The zero-order valence-corrected chi connectivity index (χ0v) is 15.4. The van der Waals surface area contributed by atoms with Gasteiger partial charge in [-0.15, -0.1) is 0 Å². The molecule has 1 N–H and O–H groups in total. The molecule has 0 bridgehead atoms. The van der Waals surface area contributed by atoms with Crippen LogP contribution < -0.4 is 0 Å². The van der Waals surface area contributed by atoms with Crippen LogP contribution in [0.25, 0.3) is 0 Å². The molecule has 6 heteroatoms. The summed E-state index contributed by atoms with van der Waals surface area (Å²) in [5.41, 5.74) is -0.837. The molecule has 0 spiro atoms. The molecule has 20 heavy (non-hydrogen) atoms. The van der Waals surface area contributed by atoms with Gasteiger partial charge in [-0.25, -0.2) is 0 Å². The predicted octanol–water partition coefficient (Wildman–Crippen LogP) is 5.82. The van der Waals surface area contributed by atoms with Gasteiger partial charge in [0.15, 0.2) is 5.60 Å². The van der Waals surface area contributed by atoms with E-state index in [1.165, 1.54) is 0 Å². The maximum atomic E-state index is 11.2. The number of hydrogen-bond donors (Lipinski definition) is 1. The minimum atomic E-state index is -1.94. The summed E-state index contributed by atoms with van der Waals surface area (Å²) in [7, 11) is 0. The van der Waals surface area contributed by atoms with E-state index in [0.29, 0.717) is 20.1 Å². The fraction of sp³-hybridized carbons (Fsp3) is 0.143. The number of rotatable bonds is 2. The second-order valence-electron chi connectivity index (χ2n) is 4.17. The van der Waals surface area contributed by atoms with E-state index >= 15 is 0 Å². The average Bonchev–Trinajstić information content (AvgIpc) is 2.37. The lowest BCUT2D eigenvalue weighted by molar-refractivity contribution is 0.0835. The Morgan fingerprint density at radius 3 is 1.40 bits per heavy atom. The molecule has 0 amide bonds. The van der Waals surface area contributed by atoms with Crippen molar-refractivity contribution in [2.45, 2.75) is 9.39 Å². The lowest BCUT2D eigenvalue weighted by Gasteiger charge is -2.36. The van der Waals surface area contributed by atoms with Crippen molar-refractivity contribution in [2.75, 3.05) is 0 Å². The van der Waals surface area contributed by atoms with Crippen molar-refractivity contribution in [2.24, 2.45) is 0 Å². The Morgan fingerprint density at radius 2 is 1.10 bits per heavy atom. The molecule has 0 unspecified atom stereocenters. The van der Waals surface area contributed by atoms with Gasteiger partial charge in [0.25, 0.3) is 0 Å². The third-order valence-corrected chi connectivity index (χ3v) is 5.14. The molecule has 0 radical (unpaired) electrons. The Balaban J connectivity index is 2.78. The molecule has 0 saturated carbocycles. The lowest BCUT2D eigenvalue weighted by Crippen LogP contribution is -2.41. The lowest BCUT2D eigenvalue weighted by atomic mass is 9.87. The first-order valence-electron chi connectivity index (χ1n) is 5.57. The highest BCUT2D eigenvalue weighted by Crippen LogP contribution is 2.52. The van der Waals surface area contributed by atoms with Crippen LogP contribution in [0.4, 0.5) is 0 Å². The first kappa shape index (κ1) is 16.6. The molecule has 2 aromatic rings. The van der Waals surface area contributed by atoms with Crippen molar-refractivity contribution in [1.82, 2.24) is 0 Å². The molecule has 0 aliphatic carbocycles. The zero-order valence-electron chi connectivity index (χ0n) is 9.96. The molecular weight excluding hydrogens is 450 g/mol. The molecule has 106 valence electrons. The molecule has 0 aliphatic rings. The van der Waals surface area contributed by atoms with Gasteiger partial charge in [-0.05, 0) is 12.1 Å². The van der Waals surface area contributed by atoms with E-state index < -0.39 is 9.39 Å². The van der Waals surface area contributed by atoms with E-state index in [1.54, 1.807) is 36.4 Å². The molecule has 2 aromatic carbocycles. The Hall–Kier alpha value is 0.230. The van der Waals surface area contributed by atoms with E-state index in [-0.39, 0.29) is 0 Å². The Bertz CT molecular complexity index is 580. The summed E-state index contributed by atoms with van der Waals surface area (Å²) in [6, 6.07) is 14.2. The summed E-state index contributed by atoms with van der Waals surface area (Å²) in [5.74, 6) is 0. The van der Waals surface area contributed by atoms with Crippen LogP contribution in [-0.2, 0) is 5.60 Å². The van der Waals surface area contributed by atoms with Crippen LogP contribution >= 0.6 is 66.7 Å². The van der Waals surface area contributed by atoms with Crippen LogP contribution in [0.3, 0.4) is 0 Å². The Kier molecular flexibility index (Phi) is 5.11. The predicted molar refractivity (Wildman–Crippen MR) is 91.6 cm³/mol. The number of alkyl halides is 3. The number of aliphatic hydroxyl groups is 1. The summed E-state index contributed by atoms with van der Waals surface area (Å²) < 4.78 is -0.630. The van der Waals surface area contributed by atoms with Gasteiger partial charge in [0, 0.05) is 20.1 Å². The first-order chi connectivity index (χ1) is 9.28.